The molecule has 1 amide bonds. The molecule has 2 heterocycles. The van der Waals surface area contributed by atoms with Gasteiger partial charge in [-0.15, -0.1) is 0 Å². The van der Waals surface area contributed by atoms with Crippen molar-refractivity contribution in [3.05, 3.63) is 35.7 Å². The summed E-state index contributed by atoms with van der Waals surface area (Å²) in [5, 5.41) is 10.7. The normalized spacial score (nSPS) is 14.9. The van der Waals surface area contributed by atoms with E-state index in [2.05, 4.69) is 20.7 Å². The minimum absolute atomic E-state index is 0.128. The minimum atomic E-state index is -0.128. The summed E-state index contributed by atoms with van der Waals surface area (Å²) in [4.78, 5) is 17.0. The van der Waals surface area contributed by atoms with Gasteiger partial charge in [0.05, 0.1) is 13.0 Å². The van der Waals surface area contributed by atoms with Crippen LogP contribution >= 0.6 is 0 Å². The summed E-state index contributed by atoms with van der Waals surface area (Å²) < 4.78 is 12.2. The fourth-order valence-electron chi connectivity index (χ4n) is 3.11. The topological polar surface area (TPSA) is 90.3 Å². The summed E-state index contributed by atoms with van der Waals surface area (Å²) in [7, 11) is 3.44. The molecule has 27 heavy (non-hydrogen) atoms. The number of anilines is 1. The second-order valence-electron chi connectivity index (χ2n) is 6.66. The number of aromatic nitrogens is 3. The summed E-state index contributed by atoms with van der Waals surface area (Å²) >= 11 is 0. The van der Waals surface area contributed by atoms with Crippen molar-refractivity contribution in [1.29, 1.82) is 0 Å². The maximum Gasteiger partial charge on any atom is 0.231 e. The van der Waals surface area contributed by atoms with Gasteiger partial charge in [-0.25, -0.2) is 4.68 Å². The largest absolute Gasteiger partial charge is 0.491 e. The Morgan fingerprint density at radius 2 is 2.15 bits per heavy atom. The third-order valence-corrected chi connectivity index (χ3v) is 4.55. The van der Waals surface area contributed by atoms with Crippen molar-refractivity contribution in [2.24, 2.45) is 7.05 Å². The second-order valence-corrected chi connectivity index (χ2v) is 6.66. The first-order valence-electron chi connectivity index (χ1n) is 9.28. The average Bonchev–Trinajstić information content (AvgIpc) is 3.03. The highest BCUT2D eigenvalue weighted by Gasteiger charge is 2.21. The number of hydrogen-bond acceptors (Lipinski definition) is 6. The van der Waals surface area contributed by atoms with Crippen LogP contribution in [0.5, 0.6) is 5.75 Å². The third kappa shape index (κ3) is 5.51. The van der Waals surface area contributed by atoms with Gasteiger partial charge in [-0.1, -0.05) is 12.1 Å². The molecule has 1 aromatic carbocycles. The number of carbonyl (C=O) groups excluding carboxylic acids is 1. The fraction of sp³-hybridized carbons (Fsp3) is 0.526. The van der Waals surface area contributed by atoms with Gasteiger partial charge in [-0.3, -0.25) is 10.1 Å². The number of piperidine rings is 1. The number of aryl methyl sites for hydroxylation is 1. The first-order valence-corrected chi connectivity index (χ1v) is 9.28. The van der Waals surface area contributed by atoms with E-state index < -0.39 is 0 Å². The molecule has 0 unspecified atom stereocenters. The van der Waals surface area contributed by atoms with Gasteiger partial charge in [0.2, 0.25) is 11.9 Å². The van der Waals surface area contributed by atoms with Crippen LogP contribution in [0.1, 0.15) is 30.1 Å². The highest BCUT2D eigenvalue weighted by atomic mass is 16.5. The standard InChI is InChI=1S/C19H27N5O3/c1-24-19(22-18(23-24)15-6-8-20-9-7-15)21-17(25)13-14-4-3-5-16(12-14)27-11-10-26-2/h3-5,12,15,20H,6-11,13H2,1-2H3,(H,21,22,23,25). The van der Waals surface area contributed by atoms with E-state index >= 15 is 0 Å². The lowest BCUT2D eigenvalue weighted by Gasteiger charge is -2.19. The molecule has 0 spiro atoms. The minimum Gasteiger partial charge on any atom is -0.491 e. The summed E-state index contributed by atoms with van der Waals surface area (Å²) in [5.74, 6) is 2.24. The summed E-state index contributed by atoms with van der Waals surface area (Å²) in [5.41, 5.74) is 0.878. The van der Waals surface area contributed by atoms with Gasteiger partial charge in [0.15, 0.2) is 5.82 Å². The van der Waals surface area contributed by atoms with Gasteiger partial charge in [0, 0.05) is 20.1 Å². The molecular weight excluding hydrogens is 346 g/mol. The fourth-order valence-corrected chi connectivity index (χ4v) is 3.11. The van der Waals surface area contributed by atoms with Gasteiger partial charge in [-0.05, 0) is 43.6 Å². The van der Waals surface area contributed by atoms with Crippen molar-refractivity contribution in [3.8, 4) is 5.75 Å². The number of carbonyl (C=O) groups is 1. The Bertz CT molecular complexity index is 756. The molecule has 1 aliphatic heterocycles. The Morgan fingerprint density at radius 1 is 1.33 bits per heavy atom. The van der Waals surface area contributed by atoms with Crippen LogP contribution in [0.25, 0.3) is 0 Å². The molecule has 0 saturated carbocycles. The number of benzene rings is 1. The molecular formula is C19H27N5O3. The number of hydrogen-bond donors (Lipinski definition) is 2. The smallest absolute Gasteiger partial charge is 0.231 e. The number of methoxy groups -OCH3 is 1. The van der Waals surface area contributed by atoms with Crippen molar-refractivity contribution < 1.29 is 14.3 Å². The predicted octanol–water partition coefficient (Wildman–Crippen LogP) is 1.49. The quantitative estimate of drug-likeness (QED) is 0.682. The highest BCUT2D eigenvalue weighted by Crippen LogP contribution is 2.23. The average molecular weight is 373 g/mol. The maximum absolute atomic E-state index is 12.4. The van der Waals surface area contributed by atoms with Gasteiger partial charge in [-0.2, -0.15) is 10.1 Å². The Kier molecular flexibility index (Phi) is 6.78. The summed E-state index contributed by atoms with van der Waals surface area (Å²) in [6.45, 7) is 2.96. The summed E-state index contributed by atoms with van der Waals surface area (Å²) in [6, 6.07) is 7.51. The van der Waals surface area contributed by atoms with Crippen LogP contribution < -0.4 is 15.4 Å². The van der Waals surface area contributed by atoms with Gasteiger partial charge in [0.25, 0.3) is 0 Å². The zero-order valence-corrected chi connectivity index (χ0v) is 15.9. The third-order valence-electron chi connectivity index (χ3n) is 4.55. The molecule has 2 N–H and O–H groups in total. The molecule has 0 bridgehead atoms. The van der Waals surface area contributed by atoms with E-state index in [0.29, 0.717) is 25.1 Å². The van der Waals surface area contributed by atoms with Gasteiger partial charge < -0.3 is 14.8 Å². The Balaban J connectivity index is 1.57. The lowest BCUT2D eigenvalue weighted by atomic mass is 9.98. The van der Waals surface area contributed by atoms with Crippen LogP contribution in [0.4, 0.5) is 5.95 Å². The van der Waals surface area contributed by atoms with Crippen LogP contribution in [0, 0.1) is 0 Å². The lowest BCUT2D eigenvalue weighted by molar-refractivity contribution is -0.115. The number of ether oxygens (including phenoxy) is 2. The van der Waals surface area contributed by atoms with Crippen LogP contribution in [0.2, 0.25) is 0 Å². The Labute approximate surface area is 159 Å². The van der Waals surface area contributed by atoms with Crippen molar-refractivity contribution >= 4 is 11.9 Å². The zero-order valence-electron chi connectivity index (χ0n) is 15.9. The number of amides is 1. The molecule has 0 radical (unpaired) electrons. The molecule has 0 atom stereocenters. The molecule has 3 rings (SSSR count). The Morgan fingerprint density at radius 3 is 2.93 bits per heavy atom. The summed E-state index contributed by atoms with van der Waals surface area (Å²) in [6.07, 6.45) is 2.29. The first kappa shape index (κ1) is 19.3. The van der Waals surface area contributed by atoms with Crippen LogP contribution in [0.15, 0.2) is 24.3 Å². The SMILES string of the molecule is COCCOc1cccc(CC(=O)Nc2nc(C3CCNCC3)nn2C)c1. The molecule has 1 aromatic heterocycles. The predicted molar refractivity (Wildman–Crippen MR) is 102 cm³/mol. The highest BCUT2D eigenvalue weighted by molar-refractivity contribution is 5.90. The number of nitrogens with one attached hydrogen (secondary N) is 2. The second kappa shape index (κ2) is 9.48. The van der Waals surface area contributed by atoms with Crippen molar-refractivity contribution in [3.63, 3.8) is 0 Å². The molecule has 1 aliphatic rings. The Hall–Kier alpha value is -2.45. The first-order chi connectivity index (χ1) is 13.2. The molecule has 8 nitrogen and oxygen atoms in total. The number of nitrogens with zero attached hydrogens (tertiary/aromatic N) is 3. The van der Waals surface area contributed by atoms with E-state index in [1.807, 2.05) is 24.3 Å². The molecule has 2 aromatic rings. The van der Waals surface area contributed by atoms with E-state index in [9.17, 15) is 4.79 Å². The van der Waals surface area contributed by atoms with Crippen LogP contribution in [-0.4, -0.2) is 54.1 Å². The van der Waals surface area contributed by atoms with Crippen LogP contribution in [-0.2, 0) is 23.0 Å². The van der Waals surface area contributed by atoms with E-state index in [4.69, 9.17) is 9.47 Å². The maximum atomic E-state index is 12.4. The van der Waals surface area contributed by atoms with Crippen molar-refractivity contribution in [1.82, 2.24) is 20.1 Å². The van der Waals surface area contributed by atoms with Crippen molar-refractivity contribution in [2.75, 3.05) is 38.7 Å². The lowest BCUT2D eigenvalue weighted by Crippen LogP contribution is -2.27. The van der Waals surface area contributed by atoms with Gasteiger partial charge in [0.1, 0.15) is 12.4 Å². The van der Waals surface area contributed by atoms with Gasteiger partial charge >= 0.3 is 0 Å². The molecule has 1 fully saturated rings. The molecule has 0 aliphatic carbocycles. The van der Waals surface area contributed by atoms with E-state index in [1.54, 1.807) is 18.8 Å². The van der Waals surface area contributed by atoms with E-state index in [-0.39, 0.29) is 12.3 Å². The zero-order chi connectivity index (χ0) is 19.1. The molecule has 146 valence electrons. The molecule has 8 heteroatoms. The number of rotatable bonds is 8. The van der Waals surface area contributed by atoms with E-state index in [1.165, 1.54) is 0 Å². The monoisotopic (exact) mass is 373 g/mol. The van der Waals surface area contributed by atoms with Crippen LogP contribution in [0.3, 0.4) is 0 Å². The van der Waals surface area contributed by atoms with Crippen molar-refractivity contribution in [2.45, 2.75) is 25.2 Å². The molecule has 1 saturated heterocycles. The van der Waals surface area contributed by atoms with E-state index in [0.717, 1.165) is 43.1 Å².